The van der Waals surface area contributed by atoms with E-state index < -0.39 is 23.7 Å². The molecule has 9 heteroatoms. The third-order valence-electron chi connectivity index (χ3n) is 3.89. The molecule has 1 unspecified atom stereocenters. The van der Waals surface area contributed by atoms with Crippen molar-refractivity contribution >= 4 is 23.7 Å². The van der Waals surface area contributed by atoms with Crippen LogP contribution in [0.5, 0.6) is 0 Å². The number of aromatic nitrogens is 2. The van der Waals surface area contributed by atoms with Crippen molar-refractivity contribution in [2.24, 2.45) is 0 Å². The predicted molar refractivity (Wildman–Crippen MR) is 93.8 cm³/mol. The second-order valence-corrected chi connectivity index (χ2v) is 6.81. The number of nitrogens with zero attached hydrogens (tertiary/aromatic N) is 3. The highest BCUT2D eigenvalue weighted by Gasteiger charge is 2.40. The molecule has 1 aromatic heterocycles. The van der Waals surface area contributed by atoms with Gasteiger partial charge in [-0.05, 0) is 27.7 Å². The third kappa shape index (κ3) is 4.82. The van der Waals surface area contributed by atoms with Crippen molar-refractivity contribution in [3.05, 3.63) is 22.7 Å². The summed E-state index contributed by atoms with van der Waals surface area (Å²) in [5.41, 5.74) is 0.394. The second-order valence-electron chi connectivity index (χ2n) is 6.45. The van der Waals surface area contributed by atoms with Crippen molar-refractivity contribution in [3.63, 3.8) is 0 Å². The lowest BCUT2D eigenvalue weighted by Crippen LogP contribution is -2.52. The number of rotatable bonds is 6. The van der Waals surface area contributed by atoms with E-state index in [0.29, 0.717) is 17.9 Å². The molecule has 8 nitrogen and oxygen atoms in total. The van der Waals surface area contributed by atoms with Crippen LogP contribution in [0.3, 0.4) is 0 Å². The molecule has 1 aromatic rings. The average molecular weight is 386 g/mol. The molecule has 1 aliphatic rings. The van der Waals surface area contributed by atoms with Crippen LogP contribution in [0.2, 0.25) is 5.15 Å². The summed E-state index contributed by atoms with van der Waals surface area (Å²) in [6.07, 6.45) is 0.872. The second kappa shape index (κ2) is 8.64. The summed E-state index contributed by atoms with van der Waals surface area (Å²) in [6, 6.07) is -0.846. The first kappa shape index (κ1) is 20.4. The molecule has 0 saturated carbocycles. The Hall–Kier alpha value is -1.93. The van der Waals surface area contributed by atoms with E-state index in [1.807, 2.05) is 6.92 Å². The van der Waals surface area contributed by atoms with E-state index in [4.69, 9.17) is 25.8 Å². The summed E-state index contributed by atoms with van der Waals surface area (Å²) in [5, 5.41) is 0.272. The van der Waals surface area contributed by atoms with E-state index in [2.05, 4.69) is 9.97 Å². The topological polar surface area (TPSA) is 90.9 Å². The molecule has 2 heterocycles. The van der Waals surface area contributed by atoms with E-state index in [1.165, 1.54) is 11.2 Å². The van der Waals surface area contributed by atoms with Crippen molar-refractivity contribution < 1.29 is 23.8 Å². The summed E-state index contributed by atoms with van der Waals surface area (Å²) in [7, 11) is 0. The number of halogens is 1. The van der Waals surface area contributed by atoms with Gasteiger partial charge in [-0.1, -0.05) is 11.6 Å². The summed E-state index contributed by atoms with van der Waals surface area (Å²) in [6.45, 7) is 8.12. The largest absolute Gasteiger partial charge is 0.464 e. The molecule has 0 aromatic carbocycles. The van der Waals surface area contributed by atoms with Gasteiger partial charge in [0.15, 0.2) is 0 Å². The van der Waals surface area contributed by atoms with Gasteiger partial charge in [-0.25, -0.2) is 19.6 Å². The molecule has 0 bridgehead atoms. The summed E-state index contributed by atoms with van der Waals surface area (Å²) >= 11 is 6.13. The van der Waals surface area contributed by atoms with Crippen molar-refractivity contribution in [2.45, 2.75) is 52.3 Å². The molecule has 2 rings (SSSR count). The maximum atomic E-state index is 12.8. The molecule has 0 spiro atoms. The molecule has 26 heavy (non-hydrogen) atoms. The zero-order valence-electron chi connectivity index (χ0n) is 15.5. The standard InChI is InChI=1S/C17H24ClN3O5/c1-5-24-9-17(3,4)26-16(23)21-8-12-11(14(18)20-10-19-12)7-13(21)15(22)25-6-2/h10,13H,5-9H2,1-4H3. The Morgan fingerprint density at radius 2 is 2.04 bits per heavy atom. The van der Waals surface area contributed by atoms with Crippen molar-refractivity contribution in [3.8, 4) is 0 Å². The Kier molecular flexibility index (Phi) is 6.77. The maximum absolute atomic E-state index is 12.8. The number of hydrogen-bond donors (Lipinski definition) is 0. The van der Waals surface area contributed by atoms with E-state index in [1.54, 1.807) is 20.8 Å². The lowest BCUT2D eigenvalue weighted by atomic mass is 9.99. The van der Waals surface area contributed by atoms with Gasteiger partial charge >= 0.3 is 12.1 Å². The Bertz CT molecular complexity index is 668. The molecular formula is C17H24ClN3O5. The SMILES string of the molecule is CCOCC(C)(C)OC(=O)N1Cc2ncnc(Cl)c2CC1C(=O)OCC. The minimum atomic E-state index is -0.846. The predicted octanol–water partition coefficient (Wildman–Crippen LogP) is 2.37. The molecule has 0 fully saturated rings. The van der Waals surface area contributed by atoms with E-state index in [9.17, 15) is 9.59 Å². The van der Waals surface area contributed by atoms with Crippen molar-refractivity contribution in [2.75, 3.05) is 19.8 Å². The highest BCUT2D eigenvalue weighted by molar-refractivity contribution is 6.30. The van der Waals surface area contributed by atoms with E-state index in [-0.39, 0.29) is 31.3 Å². The highest BCUT2D eigenvalue weighted by atomic mass is 35.5. The van der Waals surface area contributed by atoms with Gasteiger partial charge in [0.25, 0.3) is 0 Å². The van der Waals surface area contributed by atoms with Crippen LogP contribution in [0.4, 0.5) is 4.79 Å². The van der Waals surface area contributed by atoms with Crippen LogP contribution in [-0.4, -0.2) is 58.4 Å². The fraction of sp³-hybridized carbons (Fsp3) is 0.647. The Balaban J connectivity index is 2.25. The van der Waals surface area contributed by atoms with Gasteiger partial charge in [0.2, 0.25) is 0 Å². The molecular weight excluding hydrogens is 362 g/mol. The average Bonchev–Trinajstić information content (AvgIpc) is 2.59. The maximum Gasteiger partial charge on any atom is 0.411 e. The van der Waals surface area contributed by atoms with Crippen molar-refractivity contribution in [1.82, 2.24) is 14.9 Å². The van der Waals surface area contributed by atoms with Crippen LogP contribution >= 0.6 is 11.6 Å². The molecule has 1 aliphatic heterocycles. The van der Waals surface area contributed by atoms with Gasteiger partial charge in [-0.3, -0.25) is 4.90 Å². The van der Waals surface area contributed by atoms with Gasteiger partial charge in [0.05, 0.1) is 25.5 Å². The van der Waals surface area contributed by atoms with Crippen LogP contribution in [0.25, 0.3) is 0 Å². The Labute approximate surface area is 157 Å². The van der Waals surface area contributed by atoms with E-state index in [0.717, 1.165) is 0 Å². The first-order valence-electron chi connectivity index (χ1n) is 8.51. The summed E-state index contributed by atoms with van der Waals surface area (Å²) in [4.78, 5) is 34.6. The first-order chi connectivity index (χ1) is 12.3. The normalized spacial score (nSPS) is 16.8. The van der Waals surface area contributed by atoms with Crippen LogP contribution < -0.4 is 0 Å². The van der Waals surface area contributed by atoms with Crippen LogP contribution in [-0.2, 0) is 32.0 Å². The van der Waals surface area contributed by atoms with Gasteiger partial charge in [0, 0.05) is 18.6 Å². The smallest absolute Gasteiger partial charge is 0.411 e. The number of fused-ring (bicyclic) bond motifs is 1. The number of amides is 1. The lowest BCUT2D eigenvalue weighted by Gasteiger charge is -2.36. The summed E-state index contributed by atoms with van der Waals surface area (Å²) < 4.78 is 16.0. The molecule has 0 radical (unpaired) electrons. The highest BCUT2D eigenvalue weighted by Crippen LogP contribution is 2.28. The summed E-state index contributed by atoms with van der Waals surface area (Å²) in [5.74, 6) is -0.516. The fourth-order valence-electron chi connectivity index (χ4n) is 2.65. The number of ether oxygens (including phenoxy) is 3. The number of hydrogen-bond acceptors (Lipinski definition) is 7. The lowest BCUT2D eigenvalue weighted by molar-refractivity contribution is -0.150. The van der Waals surface area contributed by atoms with Gasteiger partial charge in [0.1, 0.15) is 23.1 Å². The molecule has 0 aliphatic carbocycles. The van der Waals surface area contributed by atoms with Crippen LogP contribution in [0.15, 0.2) is 6.33 Å². The minimum absolute atomic E-state index is 0.0879. The molecule has 1 amide bonds. The zero-order valence-corrected chi connectivity index (χ0v) is 16.2. The molecule has 1 atom stereocenters. The Morgan fingerprint density at radius 3 is 2.69 bits per heavy atom. The monoisotopic (exact) mass is 385 g/mol. The fourth-order valence-corrected chi connectivity index (χ4v) is 2.88. The molecule has 0 saturated heterocycles. The van der Waals surface area contributed by atoms with Gasteiger partial charge in [-0.15, -0.1) is 0 Å². The Morgan fingerprint density at radius 1 is 1.31 bits per heavy atom. The van der Waals surface area contributed by atoms with Crippen LogP contribution in [0.1, 0.15) is 39.0 Å². The third-order valence-corrected chi connectivity index (χ3v) is 4.21. The molecule has 0 N–H and O–H groups in total. The van der Waals surface area contributed by atoms with Gasteiger partial charge < -0.3 is 14.2 Å². The first-order valence-corrected chi connectivity index (χ1v) is 8.89. The van der Waals surface area contributed by atoms with Gasteiger partial charge in [-0.2, -0.15) is 0 Å². The van der Waals surface area contributed by atoms with Crippen molar-refractivity contribution in [1.29, 1.82) is 0 Å². The quantitative estimate of drug-likeness (QED) is 0.548. The van der Waals surface area contributed by atoms with Crippen LogP contribution in [0, 0.1) is 0 Å². The van der Waals surface area contributed by atoms with E-state index >= 15 is 0 Å². The minimum Gasteiger partial charge on any atom is -0.464 e. The number of esters is 1. The zero-order chi connectivity index (χ0) is 19.3. The number of carbonyl (C=O) groups excluding carboxylic acids is 2. The molecule has 144 valence electrons. The number of carbonyl (C=O) groups is 2.